The lowest BCUT2D eigenvalue weighted by Crippen LogP contribution is -2.25. The molecular weight excluding hydrogens is 222 g/mol. The minimum absolute atomic E-state index is 0.0846. The van der Waals surface area contributed by atoms with E-state index < -0.39 is 6.36 Å². The number of hydrogen-bond acceptors (Lipinski definition) is 1. The van der Waals surface area contributed by atoms with Crippen LogP contribution in [0.1, 0.15) is 12.8 Å². The Morgan fingerprint density at radius 1 is 1.62 bits per heavy atom. The van der Waals surface area contributed by atoms with Gasteiger partial charge in [-0.05, 0) is 12.8 Å². The maximum Gasteiger partial charge on any atom is 0.210 e. The van der Waals surface area contributed by atoms with Gasteiger partial charge < -0.3 is 4.74 Å². The summed E-state index contributed by atoms with van der Waals surface area (Å²) in [5.74, 6) is 0. The highest BCUT2D eigenvalue weighted by molar-refractivity contribution is 14.1. The third kappa shape index (κ3) is 1.55. The van der Waals surface area contributed by atoms with E-state index in [-0.39, 0.29) is 3.92 Å². The maximum absolute atomic E-state index is 12.3. The Hall–Kier alpha value is 0.620. The summed E-state index contributed by atoms with van der Waals surface area (Å²) in [7, 11) is 0. The van der Waals surface area contributed by atoms with Crippen LogP contribution in [0.25, 0.3) is 0 Å². The van der Waals surface area contributed by atoms with Crippen LogP contribution in [0.4, 0.5) is 4.39 Å². The van der Waals surface area contributed by atoms with Crippen molar-refractivity contribution in [2.45, 2.75) is 23.1 Å². The second-order valence-electron chi connectivity index (χ2n) is 1.88. The number of halogens is 2. The summed E-state index contributed by atoms with van der Waals surface area (Å²) in [5, 5.41) is 0. The summed E-state index contributed by atoms with van der Waals surface area (Å²) in [5.41, 5.74) is 0. The number of alkyl halides is 2. The van der Waals surface area contributed by atoms with E-state index in [0.29, 0.717) is 6.61 Å². The van der Waals surface area contributed by atoms with E-state index in [1.807, 2.05) is 0 Å². The minimum Gasteiger partial charge on any atom is -0.347 e. The molecule has 1 aliphatic heterocycles. The monoisotopic (exact) mass is 230 g/mol. The molecule has 3 heteroatoms. The first kappa shape index (κ1) is 6.74. The van der Waals surface area contributed by atoms with Crippen molar-refractivity contribution in [2.75, 3.05) is 6.61 Å². The van der Waals surface area contributed by atoms with Crippen LogP contribution >= 0.6 is 22.6 Å². The molecule has 0 aliphatic carbocycles. The topological polar surface area (TPSA) is 9.23 Å². The van der Waals surface area contributed by atoms with E-state index in [2.05, 4.69) is 22.6 Å². The van der Waals surface area contributed by atoms with Crippen LogP contribution in [0, 0.1) is 0 Å². The molecule has 0 amide bonds. The lowest BCUT2D eigenvalue weighted by molar-refractivity contribution is -0.0591. The van der Waals surface area contributed by atoms with Crippen molar-refractivity contribution in [2.24, 2.45) is 0 Å². The average molecular weight is 230 g/mol. The molecule has 0 radical (unpaired) electrons. The molecule has 1 rings (SSSR count). The molecule has 8 heavy (non-hydrogen) atoms. The van der Waals surface area contributed by atoms with Gasteiger partial charge in [-0.15, -0.1) is 0 Å². The first-order valence-electron chi connectivity index (χ1n) is 2.70. The van der Waals surface area contributed by atoms with Crippen LogP contribution in [0.5, 0.6) is 0 Å². The van der Waals surface area contributed by atoms with Gasteiger partial charge in [0.25, 0.3) is 0 Å². The zero-order chi connectivity index (χ0) is 5.98. The van der Waals surface area contributed by atoms with E-state index in [9.17, 15) is 4.39 Å². The molecule has 1 aliphatic rings. The fourth-order valence-corrected chi connectivity index (χ4v) is 1.36. The summed E-state index contributed by atoms with van der Waals surface area (Å²) in [4.78, 5) is 0. The van der Waals surface area contributed by atoms with Gasteiger partial charge in [0.15, 0.2) is 0 Å². The van der Waals surface area contributed by atoms with Gasteiger partial charge in [-0.1, -0.05) is 22.6 Å². The Kier molecular flexibility index (Phi) is 2.49. The van der Waals surface area contributed by atoms with Gasteiger partial charge in [0.2, 0.25) is 6.36 Å². The lowest BCUT2D eigenvalue weighted by atomic mass is 10.2. The predicted molar refractivity (Wildman–Crippen MR) is 37.9 cm³/mol. The SMILES string of the molecule is F[C@H]1OCCC[C@H]1I. The number of ether oxygens (including phenoxy) is 1. The Balaban J connectivity index is 2.28. The molecule has 2 atom stereocenters. The third-order valence-corrected chi connectivity index (χ3v) is 2.37. The van der Waals surface area contributed by atoms with Gasteiger partial charge in [0, 0.05) is 0 Å². The average Bonchev–Trinajstić information content (AvgIpc) is 1.77. The van der Waals surface area contributed by atoms with Gasteiger partial charge in [-0.25, -0.2) is 4.39 Å². The van der Waals surface area contributed by atoms with Crippen molar-refractivity contribution in [1.29, 1.82) is 0 Å². The normalized spacial score (nSPS) is 39.8. The highest BCUT2D eigenvalue weighted by Gasteiger charge is 2.21. The van der Waals surface area contributed by atoms with E-state index >= 15 is 0 Å². The van der Waals surface area contributed by atoms with E-state index in [0.717, 1.165) is 12.8 Å². The van der Waals surface area contributed by atoms with Crippen molar-refractivity contribution < 1.29 is 9.13 Å². The number of rotatable bonds is 0. The van der Waals surface area contributed by atoms with Crippen molar-refractivity contribution >= 4 is 22.6 Å². The Morgan fingerprint density at radius 2 is 2.38 bits per heavy atom. The number of hydrogen-bond donors (Lipinski definition) is 0. The van der Waals surface area contributed by atoms with Crippen molar-refractivity contribution in [3.05, 3.63) is 0 Å². The molecule has 0 aromatic rings. The first-order valence-corrected chi connectivity index (χ1v) is 3.95. The molecule has 1 fully saturated rings. The zero-order valence-electron chi connectivity index (χ0n) is 4.44. The molecule has 1 heterocycles. The largest absolute Gasteiger partial charge is 0.347 e. The summed E-state index contributed by atoms with van der Waals surface area (Å²) >= 11 is 2.08. The summed E-state index contributed by atoms with van der Waals surface area (Å²) in [6.07, 6.45) is 0.958. The first-order chi connectivity index (χ1) is 3.80. The van der Waals surface area contributed by atoms with Gasteiger partial charge in [-0.3, -0.25) is 0 Å². The minimum atomic E-state index is -1.01. The molecule has 0 aromatic carbocycles. The fourth-order valence-electron chi connectivity index (χ4n) is 0.710. The summed E-state index contributed by atoms with van der Waals surface area (Å²) < 4.78 is 17.1. The fraction of sp³-hybridized carbons (Fsp3) is 1.00. The van der Waals surface area contributed by atoms with Crippen molar-refractivity contribution in [3.8, 4) is 0 Å². The lowest BCUT2D eigenvalue weighted by Gasteiger charge is -2.20. The van der Waals surface area contributed by atoms with Gasteiger partial charge in [0.05, 0.1) is 10.5 Å². The van der Waals surface area contributed by atoms with E-state index in [4.69, 9.17) is 4.74 Å². The third-order valence-electron chi connectivity index (χ3n) is 1.19. The molecule has 1 nitrogen and oxygen atoms in total. The van der Waals surface area contributed by atoms with Crippen LogP contribution in [0.3, 0.4) is 0 Å². The van der Waals surface area contributed by atoms with E-state index in [1.165, 1.54) is 0 Å². The molecule has 0 saturated carbocycles. The Bertz CT molecular complexity index is 68.8. The molecule has 0 unspecified atom stereocenters. The van der Waals surface area contributed by atoms with Crippen LogP contribution in [-0.4, -0.2) is 16.9 Å². The smallest absolute Gasteiger partial charge is 0.210 e. The molecule has 48 valence electrons. The quantitative estimate of drug-likeness (QED) is 0.456. The molecule has 1 saturated heterocycles. The van der Waals surface area contributed by atoms with Crippen molar-refractivity contribution in [1.82, 2.24) is 0 Å². The van der Waals surface area contributed by atoms with Crippen LogP contribution in [0.15, 0.2) is 0 Å². The molecular formula is C5H8FIO. The second kappa shape index (κ2) is 2.96. The van der Waals surface area contributed by atoms with Crippen LogP contribution < -0.4 is 0 Å². The summed E-state index contributed by atoms with van der Waals surface area (Å²) in [6, 6.07) is 0. The molecule has 0 bridgehead atoms. The second-order valence-corrected chi connectivity index (χ2v) is 3.48. The summed E-state index contributed by atoms with van der Waals surface area (Å²) in [6.45, 7) is 0.598. The van der Waals surface area contributed by atoms with Gasteiger partial charge >= 0.3 is 0 Å². The molecule has 0 spiro atoms. The molecule has 0 aromatic heterocycles. The Morgan fingerprint density at radius 3 is 2.75 bits per heavy atom. The Labute approximate surface area is 61.7 Å². The zero-order valence-corrected chi connectivity index (χ0v) is 6.60. The molecule has 0 N–H and O–H groups in total. The van der Waals surface area contributed by atoms with Crippen LogP contribution in [0.2, 0.25) is 0 Å². The predicted octanol–water partition coefficient (Wildman–Crippen LogP) is 1.90. The highest BCUT2D eigenvalue weighted by Crippen LogP contribution is 2.21. The van der Waals surface area contributed by atoms with E-state index in [1.54, 1.807) is 0 Å². The standard InChI is InChI=1S/C5H8FIO/c6-5-4(7)2-1-3-8-5/h4-5H,1-3H2/t4-,5+/m1/s1. The maximum atomic E-state index is 12.3. The van der Waals surface area contributed by atoms with Crippen molar-refractivity contribution in [3.63, 3.8) is 0 Å². The van der Waals surface area contributed by atoms with Crippen LogP contribution in [-0.2, 0) is 4.74 Å². The van der Waals surface area contributed by atoms with Gasteiger partial charge in [-0.2, -0.15) is 0 Å². The highest BCUT2D eigenvalue weighted by atomic mass is 127. The van der Waals surface area contributed by atoms with Gasteiger partial charge in [0.1, 0.15) is 0 Å².